The lowest BCUT2D eigenvalue weighted by Gasteiger charge is -2.22. The number of nitrogens with one attached hydrogen (secondary N) is 2. The van der Waals surface area contributed by atoms with Gasteiger partial charge in [0, 0.05) is 24.5 Å². The number of fused-ring (bicyclic) bond motifs is 1. The molecular formula is C13H20N2O4S2. The van der Waals surface area contributed by atoms with Crippen LogP contribution < -0.4 is 10.0 Å². The molecule has 0 saturated heterocycles. The summed E-state index contributed by atoms with van der Waals surface area (Å²) in [5, 5.41) is 3.18. The summed E-state index contributed by atoms with van der Waals surface area (Å²) in [5.41, 5.74) is 1.60. The van der Waals surface area contributed by atoms with E-state index >= 15 is 0 Å². The van der Waals surface area contributed by atoms with Crippen LogP contribution in [0.15, 0.2) is 23.1 Å². The van der Waals surface area contributed by atoms with E-state index in [1.807, 2.05) is 6.07 Å². The molecule has 1 aliphatic heterocycles. The van der Waals surface area contributed by atoms with Crippen LogP contribution in [-0.4, -0.2) is 41.4 Å². The van der Waals surface area contributed by atoms with Gasteiger partial charge in [0.2, 0.25) is 10.0 Å². The molecule has 118 valence electrons. The summed E-state index contributed by atoms with van der Waals surface area (Å²) in [6.45, 7) is 2.38. The van der Waals surface area contributed by atoms with Gasteiger partial charge >= 0.3 is 0 Å². The Morgan fingerprint density at radius 2 is 2.00 bits per heavy atom. The van der Waals surface area contributed by atoms with Gasteiger partial charge in [-0.15, -0.1) is 0 Å². The van der Waals surface area contributed by atoms with Crippen LogP contribution in [0, 0.1) is 0 Å². The molecule has 1 aromatic carbocycles. The van der Waals surface area contributed by atoms with Crippen molar-refractivity contribution in [3.63, 3.8) is 0 Å². The van der Waals surface area contributed by atoms with Gasteiger partial charge in [-0.05, 0) is 37.5 Å². The molecule has 1 atom stereocenters. The average molecular weight is 332 g/mol. The molecular weight excluding hydrogens is 312 g/mol. The molecule has 0 spiro atoms. The zero-order valence-corrected chi connectivity index (χ0v) is 13.7. The van der Waals surface area contributed by atoms with Crippen LogP contribution in [0.3, 0.4) is 0 Å². The van der Waals surface area contributed by atoms with Gasteiger partial charge in [-0.25, -0.2) is 21.6 Å². The fourth-order valence-corrected chi connectivity index (χ4v) is 5.18. The summed E-state index contributed by atoms with van der Waals surface area (Å²) in [6, 6.07) is 4.43. The van der Waals surface area contributed by atoms with Gasteiger partial charge in [0.25, 0.3) is 0 Å². The van der Waals surface area contributed by atoms with Crippen LogP contribution in [-0.2, 0) is 26.3 Å². The largest absolute Gasteiger partial charge is 0.385 e. The van der Waals surface area contributed by atoms with Gasteiger partial charge < -0.3 is 5.32 Å². The number of anilines is 1. The van der Waals surface area contributed by atoms with Gasteiger partial charge in [0.05, 0.1) is 10.6 Å². The van der Waals surface area contributed by atoms with Crippen molar-refractivity contribution in [1.29, 1.82) is 0 Å². The summed E-state index contributed by atoms with van der Waals surface area (Å²) in [5.74, 6) is -0.223. The Kier molecular flexibility index (Phi) is 4.60. The smallest absolute Gasteiger partial charge is 0.241 e. The zero-order chi connectivity index (χ0) is 15.7. The Labute approximate surface area is 125 Å². The Morgan fingerprint density at radius 3 is 2.67 bits per heavy atom. The third-order valence-electron chi connectivity index (χ3n) is 3.25. The van der Waals surface area contributed by atoms with Crippen LogP contribution in [0.25, 0.3) is 0 Å². The molecule has 2 rings (SSSR count). The molecule has 8 heteroatoms. The van der Waals surface area contributed by atoms with E-state index < -0.39 is 25.9 Å². The number of hydrogen-bond acceptors (Lipinski definition) is 5. The Morgan fingerprint density at radius 1 is 1.29 bits per heavy atom. The third kappa shape index (κ3) is 4.18. The molecule has 0 saturated carbocycles. The highest BCUT2D eigenvalue weighted by Crippen LogP contribution is 2.28. The minimum absolute atomic E-state index is 0.223. The molecule has 0 aromatic heterocycles. The number of hydrogen-bond donors (Lipinski definition) is 2. The van der Waals surface area contributed by atoms with E-state index in [0.717, 1.165) is 30.5 Å². The summed E-state index contributed by atoms with van der Waals surface area (Å²) < 4.78 is 49.9. The standard InChI is InChI=1S/C13H20N2O4S2/c1-10(9-20(2,16)17)15-21(18,19)13-7-3-6-12-11(13)5-4-8-14-12/h3,6-7,10,14-15H,4-5,8-9H2,1-2H3. The van der Waals surface area contributed by atoms with Crippen molar-refractivity contribution in [2.45, 2.75) is 30.7 Å². The molecule has 1 unspecified atom stereocenters. The first-order valence-electron chi connectivity index (χ1n) is 6.75. The molecule has 0 bridgehead atoms. The number of benzene rings is 1. The van der Waals surface area contributed by atoms with Crippen LogP contribution in [0.4, 0.5) is 5.69 Å². The Hall–Kier alpha value is -1.12. The average Bonchev–Trinajstić information content (AvgIpc) is 2.35. The molecule has 1 aromatic rings. The maximum atomic E-state index is 12.5. The Balaban J connectivity index is 2.28. The first kappa shape index (κ1) is 16.3. The predicted molar refractivity (Wildman–Crippen MR) is 82.7 cm³/mol. The molecule has 21 heavy (non-hydrogen) atoms. The summed E-state index contributed by atoms with van der Waals surface area (Å²) in [7, 11) is -6.96. The van der Waals surface area contributed by atoms with Crippen LogP contribution >= 0.6 is 0 Å². The fourth-order valence-electron chi connectivity index (χ4n) is 2.55. The van der Waals surface area contributed by atoms with Crippen molar-refractivity contribution >= 4 is 25.5 Å². The van der Waals surface area contributed by atoms with Gasteiger partial charge in [-0.2, -0.15) is 0 Å². The molecule has 1 heterocycles. The molecule has 0 amide bonds. The van der Waals surface area contributed by atoms with Crippen molar-refractivity contribution in [1.82, 2.24) is 4.72 Å². The third-order valence-corrected chi connectivity index (χ3v) is 6.03. The normalized spacial score (nSPS) is 16.9. The van der Waals surface area contributed by atoms with E-state index in [1.54, 1.807) is 19.1 Å². The maximum Gasteiger partial charge on any atom is 0.241 e. The summed E-state index contributed by atoms with van der Waals surface area (Å²) in [6.07, 6.45) is 2.66. The van der Waals surface area contributed by atoms with Crippen molar-refractivity contribution in [3.05, 3.63) is 23.8 Å². The van der Waals surface area contributed by atoms with Crippen molar-refractivity contribution in [2.24, 2.45) is 0 Å². The lowest BCUT2D eigenvalue weighted by molar-refractivity contribution is 0.563. The molecule has 6 nitrogen and oxygen atoms in total. The molecule has 0 fully saturated rings. The monoisotopic (exact) mass is 332 g/mol. The van der Waals surface area contributed by atoms with Crippen LogP contribution in [0.2, 0.25) is 0 Å². The van der Waals surface area contributed by atoms with Gasteiger partial charge in [0.1, 0.15) is 9.84 Å². The highest BCUT2D eigenvalue weighted by Gasteiger charge is 2.25. The van der Waals surface area contributed by atoms with Crippen molar-refractivity contribution in [3.8, 4) is 0 Å². The number of sulfonamides is 1. The molecule has 1 aliphatic rings. The lowest BCUT2D eigenvalue weighted by atomic mass is 10.0. The second-order valence-corrected chi connectivity index (χ2v) is 9.29. The SMILES string of the molecule is CC(CS(C)(=O)=O)NS(=O)(=O)c1cccc2c1CCCN2. The number of sulfone groups is 1. The first-order valence-corrected chi connectivity index (χ1v) is 10.3. The van der Waals surface area contributed by atoms with Crippen LogP contribution in [0.1, 0.15) is 18.9 Å². The van der Waals surface area contributed by atoms with E-state index in [-0.39, 0.29) is 10.6 Å². The van der Waals surface area contributed by atoms with Crippen molar-refractivity contribution in [2.75, 3.05) is 23.9 Å². The van der Waals surface area contributed by atoms with E-state index in [4.69, 9.17) is 0 Å². The van der Waals surface area contributed by atoms with Gasteiger partial charge in [-0.1, -0.05) is 6.07 Å². The molecule has 2 N–H and O–H groups in total. The first-order chi connectivity index (χ1) is 9.69. The summed E-state index contributed by atoms with van der Waals surface area (Å²) in [4.78, 5) is 0.229. The Bertz CT molecular complexity index is 727. The molecule has 0 radical (unpaired) electrons. The quantitative estimate of drug-likeness (QED) is 0.830. The second kappa shape index (κ2) is 5.94. The van der Waals surface area contributed by atoms with Crippen molar-refractivity contribution < 1.29 is 16.8 Å². The summed E-state index contributed by atoms with van der Waals surface area (Å²) >= 11 is 0. The molecule has 0 aliphatic carbocycles. The minimum Gasteiger partial charge on any atom is -0.385 e. The van der Waals surface area contributed by atoms with Gasteiger partial charge in [-0.3, -0.25) is 0 Å². The van der Waals surface area contributed by atoms with Crippen LogP contribution in [0.5, 0.6) is 0 Å². The highest BCUT2D eigenvalue weighted by atomic mass is 32.2. The number of rotatable bonds is 5. The lowest BCUT2D eigenvalue weighted by Crippen LogP contribution is -2.37. The topological polar surface area (TPSA) is 92.3 Å². The maximum absolute atomic E-state index is 12.5. The van der Waals surface area contributed by atoms with E-state index in [0.29, 0.717) is 6.42 Å². The zero-order valence-electron chi connectivity index (χ0n) is 12.1. The van der Waals surface area contributed by atoms with E-state index in [1.165, 1.54) is 0 Å². The second-order valence-electron chi connectivity index (χ2n) is 5.43. The van der Waals surface area contributed by atoms with E-state index in [9.17, 15) is 16.8 Å². The van der Waals surface area contributed by atoms with Gasteiger partial charge in [0.15, 0.2) is 0 Å². The minimum atomic E-state index is -3.73. The van der Waals surface area contributed by atoms with E-state index in [2.05, 4.69) is 10.0 Å². The fraction of sp³-hybridized carbons (Fsp3) is 0.538. The highest BCUT2D eigenvalue weighted by molar-refractivity contribution is 7.91. The predicted octanol–water partition coefficient (Wildman–Crippen LogP) is 0.756.